The monoisotopic (exact) mass is 321 g/mol. The number of rotatable bonds is 3. The van der Waals surface area contributed by atoms with Gasteiger partial charge in [0.05, 0.1) is 0 Å². The van der Waals surface area contributed by atoms with Crippen molar-refractivity contribution < 1.29 is 4.79 Å². The number of nitrogens with one attached hydrogen (secondary N) is 2. The molecule has 5 unspecified atom stereocenters. The number of amides is 1. The number of carbonyl (C=O) groups excluding carboxylic acids is 1. The van der Waals surface area contributed by atoms with Gasteiger partial charge in [-0.2, -0.15) is 0 Å². The first kappa shape index (κ1) is 17.2. The molecule has 2 N–H and O–H groups in total. The highest BCUT2D eigenvalue weighted by Crippen LogP contribution is 2.40. The van der Waals surface area contributed by atoms with E-state index in [0.29, 0.717) is 41.9 Å². The Morgan fingerprint density at radius 1 is 1.04 bits per heavy atom. The molecule has 0 aromatic carbocycles. The van der Waals surface area contributed by atoms with Crippen LogP contribution >= 0.6 is 0 Å². The van der Waals surface area contributed by atoms with Crippen molar-refractivity contribution in [2.45, 2.75) is 83.0 Å². The van der Waals surface area contributed by atoms with Gasteiger partial charge >= 0.3 is 0 Å². The van der Waals surface area contributed by atoms with Gasteiger partial charge in [0.2, 0.25) is 5.91 Å². The van der Waals surface area contributed by atoms with E-state index in [1.807, 2.05) is 0 Å². The lowest BCUT2D eigenvalue weighted by Crippen LogP contribution is -2.46. The molecule has 3 rings (SSSR count). The molecule has 132 valence electrons. The first-order valence-electron chi connectivity index (χ1n) is 9.68. The number of hydrogen-bond donors (Lipinski definition) is 2. The zero-order valence-electron chi connectivity index (χ0n) is 15.3. The molecule has 1 heterocycles. The zero-order valence-corrected chi connectivity index (χ0v) is 15.3. The smallest absolute Gasteiger partial charge is 0.223 e. The molecule has 1 saturated heterocycles. The summed E-state index contributed by atoms with van der Waals surface area (Å²) in [5.41, 5.74) is 0. The quantitative estimate of drug-likeness (QED) is 0.839. The third-order valence-corrected chi connectivity index (χ3v) is 6.98. The van der Waals surface area contributed by atoms with Crippen LogP contribution in [0.3, 0.4) is 0 Å². The molecule has 2 aliphatic carbocycles. The van der Waals surface area contributed by atoms with Crippen molar-refractivity contribution in [1.29, 1.82) is 0 Å². The average molecular weight is 322 g/mol. The van der Waals surface area contributed by atoms with Crippen LogP contribution in [0.1, 0.15) is 58.8 Å². The van der Waals surface area contributed by atoms with Gasteiger partial charge in [-0.15, -0.1) is 0 Å². The summed E-state index contributed by atoms with van der Waals surface area (Å²) in [6.07, 6.45) is 8.03. The molecule has 2 saturated carbocycles. The minimum absolute atomic E-state index is 0.248. The third-order valence-electron chi connectivity index (χ3n) is 6.98. The summed E-state index contributed by atoms with van der Waals surface area (Å²) in [6.45, 7) is 4.65. The first-order chi connectivity index (χ1) is 11.0. The van der Waals surface area contributed by atoms with Crippen LogP contribution in [0.25, 0.3) is 0 Å². The van der Waals surface area contributed by atoms with Crippen molar-refractivity contribution in [3.63, 3.8) is 0 Å². The van der Waals surface area contributed by atoms with Crippen molar-refractivity contribution in [3.8, 4) is 0 Å². The number of nitrogens with zero attached hydrogens (tertiary/aromatic N) is 1. The third kappa shape index (κ3) is 3.74. The van der Waals surface area contributed by atoms with Gasteiger partial charge in [-0.3, -0.25) is 4.79 Å². The van der Waals surface area contributed by atoms with E-state index in [9.17, 15) is 4.79 Å². The van der Waals surface area contributed by atoms with Crippen molar-refractivity contribution in [2.24, 2.45) is 17.8 Å². The van der Waals surface area contributed by atoms with Crippen LogP contribution in [0.5, 0.6) is 0 Å². The van der Waals surface area contributed by atoms with Crippen LogP contribution in [-0.4, -0.2) is 49.1 Å². The molecule has 4 heteroatoms. The van der Waals surface area contributed by atoms with Crippen LogP contribution in [0.15, 0.2) is 0 Å². The predicted octanol–water partition coefficient (Wildman–Crippen LogP) is 2.39. The molecule has 23 heavy (non-hydrogen) atoms. The molecule has 3 aliphatic rings. The summed E-state index contributed by atoms with van der Waals surface area (Å²) >= 11 is 0. The summed E-state index contributed by atoms with van der Waals surface area (Å²) < 4.78 is 0. The van der Waals surface area contributed by atoms with E-state index in [-0.39, 0.29) is 5.92 Å². The minimum Gasteiger partial charge on any atom is -0.353 e. The molecule has 0 aromatic heterocycles. The Morgan fingerprint density at radius 3 is 2.39 bits per heavy atom. The summed E-state index contributed by atoms with van der Waals surface area (Å²) in [4.78, 5) is 15.0. The van der Waals surface area contributed by atoms with E-state index < -0.39 is 0 Å². The molecule has 1 aliphatic heterocycles. The van der Waals surface area contributed by atoms with Gasteiger partial charge in [0.25, 0.3) is 0 Å². The normalized spacial score (nSPS) is 44.1. The lowest BCUT2D eigenvalue weighted by Gasteiger charge is -2.36. The van der Waals surface area contributed by atoms with E-state index in [2.05, 4.69) is 43.5 Å². The summed E-state index contributed by atoms with van der Waals surface area (Å²) in [5.74, 6) is 1.98. The fourth-order valence-electron chi connectivity index (χ4n) is 5.15. The van der Waals surface area contributed by atoms with Crippen molar-refractivity contribution >= 4 is 5.91 Å². The maximum absolute atomic E-state index is 12.7. The van der Waals surface area contributed by atoms with Crippen molar-refractivity contribution in [3.05, 3.63) is 0 Å². The minimum atomic E-state index is 0.248. The van der Waals surface area contributed by atoms with Gasteiger partial charge in [-0.25, -0.2) is 0 Å². The topological polar surface area (TPSA) is 44.4 Å². The van der Waals surface area contributed by atoms with Crippen LogP contribution in [-0.2, 0) is 4.79 Å². The van der Waals surface area contributed by atoms with Gasteiger partial charge < -0.3 is 15.5 Å². The van der Waals surface area contributed by atoms with Crippen molar-refractivity contribution in [2.75, 3.05) is 14.1 Å². The predicted molar refractivity (Wildman–Crippen MR) is 94.3 cm³/mol. The molecular formula is C19H35N3O. The molecule has 0 spiro atoms. The number of hydrogen-bond acceptors (Lipinski definition) is 3. The highest BCUT2D eigenvalue weighted by atomic mass is 16.1. The van der Waals surface area contributed by atoms with E-state index in [4.69, 9.17) is 0 Å². The van der Waals surface area contributed by atoms with E-state index in [1.54, 1.807) is 0 Å². The molecule has 5 atom stereocenters. The Bertz CT molecular complexity index is 417. The Balaban J connectivity index is 1.48. The molecule has 0 radical (unpaired) electrons. The van der Waals surface area contributed by atoms with Crippen LogP contribution in [0, 0.1) is 17.8 Å². The Hall–Kier alpha value is -0.610. The van der Waals surface area contributed by atoms with E-state index >= 15 is 0 Å². The Kier molecular flexibility index (Phi) is 5.32. The van der Waals surface area contributed by atoms with Gasteiger partial charge in [0.15, 0.2) is 0 Å². The molecule has 0 aromatic rings. The summed E-state index contributed by atoms with van der Waals surface area (Å²) in [7, 11) is 4.33. The van der Waals surface area contributed by atoms with Gasteiger partial charge in [-0.05, 0) is 77.8 Å². The summed E-state index contributed by atoms with van der Waals surface area (Å²) in [5, 5.41) is 7.10. The molecule has 0 bridgehead atoms. The second-order valence-corrected chi connectivity index (χ2v) is 8.57. The van der Waals surface area contributed by atoms with Gasteiger partial charge in [0, 0.05) is 30.1 Å². The number of fused-ring (bicyclic) bond motifs is 1. The lowest BCUT2D eigenvalue weighted by molar-refractivity contribution is -0.127. The standard InChI is InChI=1S/C19H35N3O/c1-12-13(2)20-18-10-5-14(11-17(12)18)19(23)21-15-6-8-16(9-7-15)22(3)4/h12-18,20H,5-11H2,1-4H3,(H,21,23). The lowest BCUT2D eigenvalue weighted by atomic mass is 9.74. The summed E-state index contributed by atoms with van der Waals surface area (Å²) in [6, 6.07) is 2.37. The first-order valence-corrected chi connectivity index (χ1v) is 9.68. The molecule has 1 amide bonds. The fraction of sp³-hybridized carbons (Fsp3) is 0.947. The Morgan fingerprint density at radius 2 is 1.74 bits per heavy atom. The largest absolute Gasteiger partial charge is 0.353 e. The number of carbonyl (C=O) groups is 1. The maximum Gasteiger partial charge on any atom is 0.223 e. The van der Waals surface area contributed by atoms with E-state index in [0.717, 1.165) is 25.7 Å². The highest BCUT2D eigenvalue weighted by molar-refractivity contribution is 5.79. The zero-order chi connectivity index (χ0) is 16.6. The van der Waals surface area contributed by atoms with Crippen LogP contribution in [0.4, 0.5) is 0 Å². The van der Waals surface area contributed by atoms with Crippen molar-refractivity contribution in [1.82, 2.24) is 15.5 Å². The fourth-order valence-corrected chi connectivity index (χ4v) is 5.15. The highest BCUT2D eigenvalue weighted by Gasteiger charge is 2.43. The molecule has 3 fully saturated rings. The Labute approximate surface area is 141 Å². The molecule has 4 nitrogen and oxygen atoms in total. The SMILES string of the molecule is CC1NC2CCC(C(=O)NC3CCC(N(C)C)CC3)CC2C1C. The molecular weight excluding hydrogens is 286 g/mol. The average Bonchev–Trinajstić information content (AvgIpc) is 2.82. The van der Waals surface area contributed by atoms with Crippen LogP contribution in [0.2, 0.25) is 0 Å². The maximum atomic E-state index is 12.7. The van der Waals surface area contributed by atoms with Gasteiger partial charge in [-0.1, -0.05) is 6.92 Å². The second kappa shape index (κ2) is 7.10. The van der Waals surface area contributed by atoms with Gasteiger partial charge in [0.1, 0.15) is 0 Å². The van der Waals surface area contributed by atoms with Crippen LogP contribution < -0.4 is 10.6 Å². The second-order valence-electron chi connectivity index (χ2n) is 8.57. The van der Waals surface area contributed by atoms with E-state index in [1.165, 1.54) is 19.3 Å².